The standard InChI is InChI=1S/C14H18F2O4/c1-13(2,12(17)18)8-14(15,16)9-5-6-10(19-3)11(7-9)20-4/h5-7H,8H2,1-4H3,(H,17,18). The molecule has 6 heteroatoms. The molecule has 0 saturated carbocycles. The van der Waals surface area contributed by atoms with Crippen LogP contribution in [0.15, 0.2) is 18.2 Å². The van der Waals surface area contributed by atoms with Gasteiger partial charge in [0, 0.05) is 12.0 Å². The zero-order chi connectivity index (χ0) is 15.6. The Bertz CT molecular complexity index is 498. The molecule has 4 nitrogen and oxygen atoms in total. The molecule has 0 aliphatic heterocycles. The molecular formula is C14H18F2O4. The molecular weight excluding hydrogens is 270 g/mol. The van der Waals surface area contributed by atoms with Crippen molar-refractivity contribution in [1.82, 2.24) is 0 Å². The van der Waals surface area contributed by atoms with Crippen LogP contribution >= 0.6 is 0 Å². The lowest BCUT2D eigenvalue weighted by Crippen LogP contribution is -2.31. The zero-order valence-electron chi connectivity index (χ0n) is 11.9. The van der Waals surface area contributed by atoms with Crippen LogP contribution in [0.5, 0.6) is 11.5 Å². The van der Waals surface area contributed by atoms with Crippen LogP contribution in [-0.4, -0.2) is 25.3 Å². The topological polar surface area (TPSA) is 55.8 Å². The molecule has 20 heavy (non-hydrogen) atoms. The number of hydrogen-bond acceptors (Lipinski definition) is 3. The number of carboxylic acid groups (broad SMARTS) is 1. The van der Waals surface area contributed by atoms with Gasteiger partial charge in [-0.1, -0.05) is 0 Å². The number of carbonyl (C=O) groups is 1. The van der Waals surface area contributed by atoms with Crippen LogP contribution in [0.25, 0.3) is 0 Å². The minimum absolute atomic E-state index is 0.179. The van der Waals surface area contributed by atoms with Crippen LogP contribution in [0, 0.1) is 5.41 Å². The van der Waals surface area contributed by atoms with E-state index in [0.29, 0.717) is 5.75 Å². The first-order valence-electron chi connectivity index (χ1n) is 5.98. The number of hydrogen-bond donors (Lipinski definition) is 1. The van der Waals surface area contributed by atoms with Crippen molar-refractivity contribution >= 4 is 5.97 Å². The van der Waals surface area contributed by atoms with Crippen molar-refractivity contribution in [2.45, 2.75) is 26.2 Å². The van der Waals surface area contributed by atoms with E-state index in [1.165, 1.54) is 40.2 Å². The third-order valence-electron chi connectivity index (χ3n) is 3.05. The molecule has 0 unspecified atom stereocenters. The maximum atomic E-state index is 14.2. The number of halogens is 2. The predicted octanol–water partition coefficient (Wildman–Crippen LogP) is 3.30. The van der Waals surface area contributed by atoms with Gasteiger partial charge in [0.15, 0.2) is 11.5 Å². The predicted molar refractivity (Wildman–Crippen MR) is 69.5 cm³/mol. The van der Waals surface area contributed by atoms with Crippen molar-refractivity contribution in [3.05, 3.63) is 23.8 Å². The number of aliphatic carboxylic acids is 1. The first-order chi connectivity index (χ1) is 9.14. The molecule has 0 fully saturated rings. The van der Waals surface area contributed by atoms with E-state index >= 15 is 0 Å². The molecule has 0 aliphatic carbocycles. The number of alkyl halides is 2. The Hall–Kier alpha value is -1.85. The zero-order valence-corrected chi connectivity index (χ0v) is 11.9. The fourth-order valence-electron chi connectivity index (χ4n) is 1.80. The molecule has 112 valence electrons. The highest BCUT2D eigenvalue weighted by atomic mass is 19.3. The lowest BCUT2D eigenvalue weighted by atomic mass is 9.84. The third kappa shape index (κ3) is 3.37. The van der Waals surface area contributed by atoms with Crippen LogP contribution in [0.3, 0.4) is 0 Å². The first-order valence-corrected chi connectivity index (χ1v) is 5.98. The van der Waals surface area contributed by atoms with Gasteiger partial charge in [0.05, 0.1) is 19.6 Å². The van der Waals surface area contributed by atoms with Gasteiger partial charge in [-0.25, -0.2) is 8.78 Å². The third-order valence-corrected chi connectivity index (χ3v) is 3.05. The highest BCUT2D eigenvalue weighted by Gasteiger charge is 2.42. The van der Waals surface area contributed by atoms with E-state index in [9.17, 15) is 13.6 Å². The molecule has 0 heterocycles. The Kier molecular flexibility index (Phi) is 4.57. The van der Waals surface area contributed by atoms with E-state index in [1.54, 1.807) is 0 Å². The molecule has 0 atom stereocenters. The first kappa shape index (κ1) is 16.2. The molecule has 1 aromatic rings. The quantitative estimate of drug-likeness (QED) is 0.872. The van der Waals surface area contributed by atoms with Crippen molar-refractivity contribution in [2.75, 3.05) is 14.2 Å². The summed E-state index contributed by atoms with van der Waals surface area (Å²) in [5.74, 6) is -4.03. The van der Waals surface area contributed by atoms with Gasteiger partial charge < -0.3 is 14.6 Å². The summed E-state index contributed by atoms with van der Waals surface area (Å²) in [5, 5.41) is 8.96. The van der Waals surface area contributed by atoms with Gasteiger partial charge in [0.25, 0.3) is 5.92 Å². The van der Waals surface area contributed by atoms with Crippen molar-refractivity contribution in [1.29, 1.82) is 0 Å². The Morgan fingerprint density at radius 3 is 2.20 bits per heavy atom. The molecule has 0 amide bonds. The van der Waals surface area contributed by atoms with Crippen LogP contribution < -0.4 is 9.47 Å². The number of methoxy groups -OCH3 is 2. The van der Waals surface area contributed by atoms with Gasteiger partial charge in [-0.05, 0) is 32.0 Å². The molecule has 0 spiro atoms. The minimum atomic E-state index is -3.28. The summed E-state index contributed by atoms with van der Waals surface area (Å²) in [7, 11) is 2.75. The van der Waals surface area contributed by atoms with Crippen molar-refractivity contribution in [2.24, 2.45) is 5.41 Å². The van der Waals surface area contributed by atoms with Gasteiger partial charge >= 0.3 is 5.97 Å². The molecule has 0 aromatic heterocycles. The lowest BCUT2D eigenvalue weighted by Gasteiger charge is -2.26. The van der Waals surface area contributed by atoms with Gasteiger partial charge in [0.2, 0.25) is 0 Å². The van der Waals surface area contributed by atoms with Gasteiger partial charge in [-0.15, -0.1) is 0 Å². The van der Waals surface area contributed by atoms with E-state index in [4.69, 9.17) is 14.6 Å². The molecule has 1 N–H and O–H groups in total. The van der Waals surface area contributed by atoms with Crippen LogP contribution in [0.1, 0.15) is 25.8 Å². The summed E-state index contributed by atoms with van der Waals surface area (Å²) in [6.07, 6.45) is -0.801. The van der Waals surface area contributed by atoms with Gasteiger partial charge in [-0.2, -0.15) is 0 Å². The van der Waals surface area contributed by atoms with Crippen LogP contribution in [0.2, 0.25) is 0 Å². The lowest BCUT2D eigenvalue weighted by molar-refractivity contribution is -0.153. The normalized spacial score (nSPS) is 12.1. The van der Waals surface area contributed by atoms with E-state index in [0.717, 1.165) is 6.07 Å². The number of benzene rings is 1. The number of carboxylic acids is 1. The molecule has 0 radical (unpaired) electrons. The molecule has 1 rings (SSSR count). The van der Waals surface area contributed by atoms with Gasteiger partial charge in [-0.3, -0.25) is 4.79 Å². The molecule has 1 aromatic carbocycles. The van der Waals surface area contributed by atoms with E-state index < -0.39 is 23.7 Å². The summed E-state index contributed by atoms with van der Waals surface area (Å²) >= 11 is 0. The fraction of sp³-hybridized carbons (Fsp3) is 0.500. The number of ether oxygens (including phenoxy) is 2. The summed E-state index contributed by atoms with van der Waals surface area (Å²) < 4.78 is 38.4. The van der Waals surface area contributed by atoms with E-state index in [2.05, 4.69) is 0 Å². The Morgan fingerprint density at radius 2 is 1.75 bits per heavy atom. The average molecular weight is 288 g/mol. The van der Waals surface area contributed by atoms with E-state index in [-0.39, 0.29) is 11.3 Å². The maximum Gasteiger partial charge on any atom is 0.309 e. The second-order valence-corrected chi connectivity index (χ2v) is 5.14. The Labute approximate surface area is 116 Å². The Morgan fingerprint density at radius 1 is 1.20 bits per heavy atom. The van der Waals surface area contributed by atoms with E-state index in [1.807, 2.05) is 0 Å². The largest absolute Gasteiger partial charge is 0.493 e. The maximum absolute atomic E-state index is 14.2. The van der Waals surface area contributed by atoms with Crippen molar-refractivity contribution in [3.63, 3.8) is 0 Å². The highest BCUT2D eigenvalue weighted by molar-refractivity contribution is 5.73. The molecule has 0 aliphatic rings. The summed E-state index contributed by atoms with van der Waals surface area (Å²) in [5.41, 5.74) is -1.83. The van der Waals surface area contributed by atoms with Crippen molar-refractivity contribution < 1.29 is 28.2 Å². The average Bonchev–Trinajstić information content (AvgIpc) is 2.36. The smallest absolute Gasteiger partial charge is 0.309 e. The van der Waals surface area contributed by atoms with Gasteiger partial charge in [0.1, 0.15) is 0 Å². The second kappa shape index (κ2) is 5.64. The molecule has 0 saturated heterocycles. The summed E-state index contributed by atoms with van der Waals surface area (Å²) in [4.78, 5) is 11.0. The fourth-order valence-corrected chi connectivity index (χ4v) is 1.80. The minimum Gasteiger partial charge on any atom is -0.493 e. The highest BCUT2D eigenvalue weighted by Crippen LogP contribution is 2.42. The van der Waals surface area contributed by atoms with Crippen LogP contribution in [0.4, 0.5) is 8.78 Å². The SMILES string of the molecule is COc1ccc(C(F)(F)CC(C)(C)C(=O)O)cc1OC. The van der Waals surface area contributed by atoms with Crippen molar-refractivity contribution in [3.8, 4) is 11.5 Å². The molecule has 0 bridgehead atoms. The Balaban J connectivity index is 3.12. The summed E-state index contributed by atoms with van der Waals surface area (Å²) in [6, 6.07) is 3.74. The van der Waals surface area contributed by atoms with Crippen LogP contribution in [-0.2, 0) is 10.7 Å². The second-order valence-electron chi connectivity index (χ2n) is 5.14. The number of rotatable bonds is 6. The summed E-state index contributed by atoms with van der Waals surface area (Å²) in [6.45, 7) is 2.54. The monoisotopic (exact) mass is 288 g/mol.